The van der Waals surface area contributed by atoms with Gasteiger partial charge in [0.1, 0.15) is 0 Å². The first-order chi connectivity index (χ1) is 6.07. The van der Waals surface area contributed by atoms with Crippen molar-refractivity contribution < 1.29 is 13.2 Å². The third-order valence-corrected chi connectivity index (χ3v) is 3.90. The summed E-state index contributed by atoms with van der Waals surface area (Å²) in [5, 5.41) is 0. The Kier molecular flexibility index (Phi) is 3.70. The van der Waals surface area contributed by atoms with E-state index in [1.807, 2.05) is 0 Å². The van der Waals surface area contributed by atoms with Crippen molar-refractivity contribution in [3.8, 4) is 0 Å². The van der Waals surface area contributed by atoms with Crippen molar-refractivity contribution in [2.24, 2.45) is 0 Å². The van der Waals surface area contributed by atoms with Crippen LogP contribution in [0.25, 0.3) is 0 Å². The largest absolute Gasteiger partial charge is 0.381 e. The number of ether oxygens (including phenoxy) is 1. The molecule has 1 saturated carbocycles. The molecule has 0 aromatic carbocycles. The van der Waals surface area contributed by atoms with Crippen molar-refractivity contribution in [3.05, 3.63) is 0 Å². The summed E-state index contributed by atoms with van der Waals surface area (Å²) in [5.41, 5.74) is 0. The van der Waals surface area contributed by atoms with Crippen LogP contribution in [0.5, 0.6) is 0 Å². The fourth-order valence-electron chi connectivity index (χ4n) is 1.60. The van der Waals surface area contributed by atoms with E-state index in [-0.39, 0.29) is 17.9 Å². The molecule has 2 atom stereocenters. The van der Waals surface area contributed by atoms with E-state index in [1.165, 1.54) is 0 Å². The predicted octanol–water partition coefficient (Wildman–Crippen LogP) is 0.493. The lowest BCUT2D eigenvalue weighted by atomic mass is 10.3. The highest BCUT2D eigenvalue weighted by molar-refractivity contribution is 7.89. The molecule has 1 aliphatic carbocycles. The molecule has 0 bridgehead atoms. The van der Waals surface area contributed by atoms with E-state index in [0.717, 1.165) is 19.3 Å². The van der Waals surface area contributed by atoms with Gasteiger partial charge in [-0.05, 0) is 26.2 Å². The minimum Gasteiger partial charge on any atom is -0.381 e. The van der Waals surface area contributed by atoms with Crippen LogP contribution >= 0.6 is 0 Å². The van der Waals surface area contributed by atoms with Crippen LogP contribution in [0.3, 0.4) is 0 Å². The quantitative estimate of drug-likeness (QED) is 0.730. The monoisotopic (exact) mass is 207 g/mol. The van der Waals surface area contributed by atoms with E-state index in [4.69, 9.17) is 4.74 Å². The molecule has 1 rings (SSSR count). The van der Waals surface area contributed by atoms with Crippen molar-refractivity contribution in [2.75, 3.05) is 12.9 Å². The maximum atomic E-state index is 11.2. The first-order valence-electron chi connectivity index (χ1n) is 4.60. The van der Waals surface area contributed by atoms with Gasteiger partial charge in [-0.2, -0.15) is 0 Å². The minimum atomic E-state index is -3.04. The molecular weight excluding hydrogens is 190 g/mol. The van der Waals surface area contributed by atoms with Crippen molar-refractivity contribution in [1.29, 1.82) is 0 Å². The Labute approximate surface area is 79.7 Å². The van der Waals surface area contributed by atoms with Crippen LogP contribution in [0.1, 0.15) is 26.2 Å². The van der Waals surface area contributed by atoms with Crippen molar-refractivity contribution in [3.63, 3.8) is 0 Å². The molecule has 0 aromatic rings. The molecule has 0 heterocycles. The van der Waals surface area contributed by atoms with Crippen LogP contribution in [0, 0.1) is 0 Å². The molecule has 2 unspecified atom stereocenters. The Morgan fingerprint density at radius 3 is 2.62 bits per heavy atom. The average molecular weight is 207 g/mol. The summed E-state index contributed by atoms with van der Waals surface area (Å²) < 4.78 is 30.2. The van der Waals surface area contributed by atoms with Crippen LogP contribution in [0.15, 0.2) is 0 Å². The summed E-state index contributed by atoms with van der Waals surface area (Å²) in [5.74, 6) is 0.154. The maximum Gasteiger partial charge on any atom is 0.211 e. The van der Waals surface area contributed by atoms with E-state index in [1.54, 1.807) is 14.0 Å². The van der Waals surface area contributed by atoms with E-state index >= 15 is 0 Å². The third kappa shape index (κ3) is 3.25. The Balaban J connectivity index is 2.40. The zero-order chi connectivity index (χ0) is 9.90. The standard InChI is InChI=1S/C8H17NO3S/c1-3-13(10,11)9-7-4-5-8(6-7)12-2/h7-9H,3-6H2,1-2H3. The van der Waals surface area contributed by atoms with Gasteiger partial charge in [0.2, 0.25) is 10.0 Å². The molecule has 13 heavy (non-hydrogen) atoms. The van der Waals surface area contributed by atoms with Gasteiger partial charge in [-0.1, -0.05) is 0 Å². The van der Waals surface area contributed by atoms with Crippen molar-refractivity contribution in [1.82, 2.24) is 4.72 Å². The molecule has 0 saturated heterocycles. The molecule has 1 N–H and O–H groups in total. The number of nitrogens with one attached hydrogen (secondary N) is 1. The van der Waals surface area contributed by atoms with Gasteiger partial charge in [0.15, 0.2) is 0 Å². The first kappa shape index (κ1) is 10.9. The topological polar surface area (TPSA) is 55.4 Å². The van der Waals surface area contributed by atoms with E-state index in [0.29, 0.717) is 0 Å². The third-order valence-electron chi connectivity index (χ3n) is 2.44. The van der Waals surface area contributed by atoms with Gasteiger partial charge in [0, 0.05) is 13.2 Å². The normalized spacial score (nSPS) is 29.4. The molecule has 0 aromatic heterocycles. The maximum absolute atomic E-state index is 11.2. The zero-order valence-corrected chi connectivity index (χ0v) is 8.93. The summed E-state index contributed by atoms with van der Waals surface area (Å²) in [6, 6.07) is 0.0786. The van der Waals surface area contributed by atoms with Gasteiger partial charge in [-0.15, -0.1) is 0 Å². The fraction of sp³-hybridized carbons (Fsp3) is 1.00. The Hall–Kier alpha value is -0.130. The molecule has 0 radical (unpaired) electrons. The Bertz CT molecular complexity index is 250. The van der Waals surface area contributed by atoms with Gasteiger partial charge in [0.25, 0.3) is 0 Å². The zero-order valence-electron chi connectivity index (χ0n) is 8.12. The lowest BCUT2D eigenvalue weighted by Crippen LogP contribution is -2.34. The highest BCUT2D eigenvalue weighted by Crippen LogP contribution is 2.21. The van der Waals surface area contributed by atoms with Crippen molar-refractivity contribution in [2.45, 2.75) is 38.3 Å². The number of hydrogen-bond acceptors (Lipinski definition) is 3. The van der Waals surface area contributed by atoms with Gasteiger partial charge in [-0.25, -0.2) is 13.1 Å². The molecule has 0 aliphatic heterocycles. The smallest absolute Gasteiger partial charge is 0.211 e. The fourth-order valence-corrected chi connectivity index (χ4v) is 2.49. The summed E-state index contributed by atoms with van der Waals surface area (Å²) in [4.78, 5) is 0. The minimum absolute atomic E-state index is 0.0786. The van der Waals surface area contributed by atoms with Gasteiger partial charge in [-0.3, -0.25) is 0 Å². The van der Waals surface area contributed by atoms with Crippen LogP contribution in [0.4, 0.5) is 0 Å². The summed E-state index contributed by atoms with van der Waals surface area (Å²) in [6.07, 6.45) is 2.87. The predicted molar refractivity (Wildman–Crippen MR) is 51.0 cm³/mol. The Morgan fingerprint density at radius 2 is 2.15 bits per heavy atom. The second kappa shape index (κ2) is 4.39. The van der Waals surface area contributed by atoms with Crippen LogP contribution < -0.4 is 4.72 Å². The van der Waals surface area contributed by atoms with E-state index in [9.17, 15) is 8.42 Å². The number of sulfonamides is 1. The van der Waals surface area contributed by atoms with Crippen LogP contribution in [0.2, 0.25) is 0 Å². The van der Waals surface area contributed by atoms with E-state index < -0.39 is 10.0 Å². The second-order valence-electron chi connectivity index (χ2n) is 3.39. The number of rotatable bonds is 4. The highest BCUT2D eigenvalue weighted by atomic mass is 32.2. The summed E-state index contributed by atoms with van der Waals surface area (Å²) >= 11 is 0. The molecule has 1 fully saturated rings. The molecule has 0 amide bonds. The van der Waals surface area contributed by atoms with Gasteiger partial charge >= 0.3 is 0 Å². The van der Waals surface area contributed by atoms with E-state index in [2.05, 4.69) is 4.72 Å². The summed E-state index contributed by atoms with van der Waals surface area (Å²) in [7, 11) is -1.37. The number of hydrogen-bond donors (Lipinski definition) is 1. The van der Waals surface area contributed by atoms with Crippen LogP contribution in [-0.4, -0.2) is 33.4 Å². The lowest BCUT2D eigenvalue weighted by molar-refractivity contribution is 0.107. The molecule has 1 aliphatic rings. The molecule has 78 valence electrons. The van der Waals surface area contributed by atoms with Crippen LogP contribution in [-0.2, 0) is 14.8 Å². The Morgan fingerprint density at radius 1 is 1.46 bits per heavy atom. The van der Waals surface area contributed by atoms with Gasteiger partial charge < -0.3 is 4.74 Å². The first-order valence-corrected chi connectivity index (χ1v) is 6.25. The molecule has 5 heteroatoms. The lowest BCUT2D eigenvalue weighted by Gasteiger charge is -2.11. The average Bonchev–Trinajstić information content (AvgIpc) is 2.52. The second-order valence-corrected chi connectivity index (χ2v) is 5.43. The van der Waals surface area contributed by atoms with Gasteiger partial charge in [0.05, 0.1) is 11.9 Å². The highest BCUT2D eigenvalue weighted by Gasteiger charge is 2.26. The molecule has 4 nitrogen and oxygen atoms in total. The number of methoxy groups -OCH3 is 1. The van der Waals surface area contributed by atoms with Crippen molar-refractivity contribution >= 4 is 10.0 Å². The summed E-state index contributed by atoms with van der Waals surface area (Å²) in [6.45, 7) is 1.64. The molecule has 0 spiro atoms. The SMILES string of the molecule is CCS(=O)(=O)NC1CCC(OC)C1. The molecular formula is C8H17NO3S.